The van der Waals surface area contributed by atoms with E-state index in [2.05, 4.69) is 24.5 Å². The summed E-state index contributed by atoms with van der Waals surface area (Å²) in [5, 5.41) is 9.73. The smallest absolute Gasteiger partial charge is 0.263 e. The number of nitrogens with one attached hydrogen (secondary N) is 2. The largest absolute Gasteiger partial charge is 0.350 e. The summed E-state index contributed by atoms with van der Waals surface area (Å²) < 4.78 is 0. The van der Waals surface area contributed by atoms with Crippen LogP contribution in [0.25, 0.3) is 11.3 Å². The van der Waals surface area contributed by atoms with Gasteiger partial charge in [-0.15, -0.1) is 22.7 Å². The Kier molecular flexibility index (Phi) is 10.3. The molecule has 0 aliphatic heterocycles. The van der Waals surface area contributed by atoms with Crippen LogP contribution in [0.2, 0.25) is 10.0 Å². The van der Waals surface area contributed by atoms with Crippen LogP contribution in [0.15, 0.2) is 29.6 Å². The van der Waals surface area contributed by atoms with Crippen LogP contribution >= 0.6 is 45.9 Å². The standard InChI is InChI=1S/C20H22Cl2N4OS2.C2H6/c1-11(2)9-16-17(12-3-4-13(21)14(22)10-12)26-20(29-16)25-15-5-8-28-18(15)19(27)24-7-6-23;1-2/h3-5,8,10-11H,6-7,9,23H2,1-2H3,(H,24,27)(H,25,26);1-2H3. The molecule has 0 atom stereocenters. The van der Waals surface area contributed by atoms with Crippen molar-refractivity contribution >= 4 is 62.6 Å². The van der Waals surface area contributed by atoms with Crippen LogP contribution in [0.5, 0.6) is 0 Å². The van der Waals surface area contributed by atoms with E-state index in [0.717, 1.165) is 33.4 Å². The molecule has 0 aliphatic carbocycles. The zero-order chi connectivity index (χ0) is 23.0. The Morgan fingerprint density at radius 2 is 1.94 bits per heavy atom. The maximum absolute atomic E-state index is 12.3. The number of thiazole rings is 1. The van der Waals surface area contributed by atoms with E-state index in [1.807, 2.05) is 37.4 Å². The molecular formula is C22H28Cl2N4OS2. The fourth-order valence-corrected chi connectivity index (χ4v) is 5.02. The maximum atomic E-state index is 12.3. The van der Waals surface area contributed by atoms with Gasteiger partial charge in [-0.25, -0.2) is 4.98 Å². The maximum Gasteiger partial charge on any atom is 0.263 e. The molecular weight excluding hydrogens is 471 g/mol. The lowest BCUT2D eigenvalue weighted by molar-refractivity contribution is 0.0959. The fraction of sp³-hybridized carbons (Fsp3) is 0.364. The van der Waals surface area contributed by atoms with Crippen molar-refractivity contribution in [2.45, 2.75) is 34.1 Å². The molecule has 1 amide bonds. The Morgan fingerprint density at radius 3 is 2.58 bits per heavy atom. The first-order valence-corrected chi connectivity index (χ1v) is 12.6. The molecule has 0 radical (unpaired) electrons. The van der Waals surface area contributed by atoms with Crippen LogP contribution in [0.4, 0.5) is 10.8 Å². The fourth-order valence-electron chi connectivity index (χ4n) is 2.75. The molecule has 2 aromatic heterocycles. The summed E-state index contributed by atoms with van der Waals surface area (Å²) in [4.78, 5) is 18.9. The van der Waals surface area contributed by atoms with E-state index < -0.39 is 0 Å². The number of carbonyl (C=O) groups is 1. The molecule has 9 heteroatoms. The van der Waals surface area contributed by atoms with Gasteiger partial charge in [0.1, 0.15) is 4.88 Å². The molecule has 0 saturated carbocycles. The number of amides is 1. The molecule has 31 heavy (non-hydrogen) atoms. The minimum Gasteiger partial charge on any atom is -0.350 e. The van der Waals surface area contributed by atoms with Gasteiger partial charge in [-0.1, -0.05) is 57.0 Å². The number of halogens is 2. The van der Waals surface area contributed by atoms with E-state index in [0.29, 0.717) is 33.9 Å². The normalized spacial score (nSPS) is 10.6. The third kappa shape index (κ3) is 6.92. The van der Waals surface area contributed by atoms with Crippen molar-refractivity contribution in [3.63, 3.8) is 0 Å². The Balaban J connectivity index is 0.00000166. The van der Waals surface area contributed by atoms with E-state index >= 15 is 0 Å². The zero-order valence-electron chi connectivity index (χ0n) is 18.1. The average Bonchev–Trinajstić information content (AvgIpc) is 3.36. The number of nitrogens with two attached hydrogens (primary N) is 1. The van der Waals surface area contributed by atoms with Crippen LogP contribution in [0.3, 0.4) is 0 Å². The first-order chi connectivity index (χ1) is 14.9. The van der Waals surface area contributed by atoms with Gasteiger partial charge in [-0.3, -0.25) is 4.79 Å². The van der Waals surface area contributed by atoms with Crippen LogP contribution in [-0.4, -0.2) is 24.0 Å². The van der Waals surface area contributed by atoms with E-state index in [9.17, 15) is 4.79 Å². The Bertz CT molecular complexity index is 1000. The molecule has 0 aliphatic rings. The van der Waals surface area contributed by atoms with Gasteiger partial charge < -0.3 is 16.4 Å². The van der Waals surface area contributed by atoms with Gasteiger partial charge in [0.05, 0.1) is 21.4 Å². The van der Waals surface area contributed by atoms with Gasteiger partial charge in [-0.05, 0) is 35.9 Å². The van der Waals surface area contributed by atoms with Crippen molar-refractivity contribution in [3.05, 3.63) is 49.4 Å². The topological polar surface area (TPSA) is 80.0 Å². The molecule has 0 saturated heterocycles. The molecule has 168 valence electrons. The van der Waals surface area contributed by atoms with Crippen LogP contribution in [0, 0.1) is 5.92 Å². The van der Waals surface area contributed by atoms with Crippen molar-refractivity contribution < 1.29 is 4.79 Å². The summed E-state index contributed by atoms with van der Waals surface area (Å²) in [7, 11) is 0. The lowest BCUT2D eigenvalue weighted by Crippen LogP contribution is -2.28. The Hall–Kier alpha value is -1.64. The third-order valence-corrected chi connectivity index (χ3v) is 6.67. The van der Waals surface area contributed by atoms with Crippen LogP contribution in [0.1, 0.15) is 42.2 Å². The molecule has 3 aromatic rings. The summed E-state index contributed by atoms with van der Waals surface area (Å²) in [5.74, 6) is 0.334. The Labute approximate surface area is 202 Å². The van der Waals surface area contributed by atoms with Crippen LogP contribution in [-0.2, 0) is 6.42 Å². The number of anilines is 2. The van der Waals surface area contributed by atoms with E-state index in [-0.39, 0.29) is 5.91 Å². The van der Waals surface area contributed by atoms with Gasteiger partial charge in [0.25, 0.3) is 5.91 Å². The second-order valence-electron chi connectivity index (χ2n) is 6.85. The quantitative estimate of drug-likeness (QED) is 0.317. The summed E-state index contributed by atoms with van der Waals surface area (Å²) in [5.41, 5.74) is 8.01. The van der Waals surface area contributed by atoms with E-state index in [1.54, 1.807) is 17.4 Å². The summed E-state index contributed by atoms with van der Waals surface area (Å²) in [6.45, 7) is 9.18. The molecule has 0 fully saturated rings. The minimum atomic E-state index is -0.142. The molecule has 0 spiro atoms. The number of hydrogen-bond donors (Lipinski definition) is 3. The minimum absolute atomic E-state index is 0.142. The highest BCUT2D eigenvalue weighted by atomic mass is 35.5. The predicted octanol–water partition coefficient (Wildman–Crippen LogP) is 6.84. The average molecular weight is 500 g/mol. The number of carbonyl (C=O) groups excluding carboxylic acids is 1. The van der Waals surface area contributed by atoms with Crippen molar-refractivity contribution in [1.82, 2.24) is 10.3 Å². The van der Waals surface area contributed by atoms with Gasteiger partial charge in [0.15, 0.2) is 5.13 Å². The molecule has 0 bridgehead atoms. The van der Waals surface area contributed by atoms with Crippen molar-refractivity contribution in [1.29, 1.82) is 0 Å². The zero-order valence-corrected chi connectivity index (χ0v) is 21.2. The first-order valence-electron chi connectivity index (χ1n) is 10.2. The van der Waals surface area contributed by atoms with E-state index in [4.69, 9.17) is 33.9 Å². The van der Waals surface area contributed by atoms with Gasteiger partial charge >= 0.3 is 0 Å². The van der Waals surface area contributed by atoms with Crippen LogP contribution < -0.4 is 16.4 Å². The molecule has 0 unspecified atom stereocenters. The predicted molar refractivity (Wildman–Crippen MR) is 136 cm³/mol. The third-order valence-electron chi connectivity index (χ3n) is 4.03. The number of thiophene rings is 1. The van der Waals surface area contributed by atoms with E-state index in [1.165, 1.54) is 11.3 Å². The summed E-state index contributed by atoms with van der Waals surface area (Å²) >= 11 is 15.2. The lowest BCUT2D eigenvalue weighted by atomic mass is 10.0. The highest BCUT2D eigenvalue weighted by Crippen LogP contribution is 2.37. The molecule has 4 N–H and O–H groups in total. The number of hydrogen-bond acceptors (Lipinski definition) is 6. The highest BCUT2D eigenvalue weighted by Gasteiger charge is 2.18. The first kappa shape index (κ1) is 25.6. The number of rotatable bonds is 8. The van der Waals surface area contributed by atoms with Gasteiger partial charge in [-0.2, -0.15) is 0 Å². The summed E-state index contributed by atoms with van der Waals surface area (Å²) in [6, 6.07) is 7.42. The number of nitrogens with zero attached hydrogens (tertiary/aromatic N) is 1. The lowest BCUT2D eigenvalue weighted by Gasteiger charge is -2.06. The highest BCUT2D eigenvalue weighted by molar-refractivity contribution is 7.16. The van der Waals surface area contributed by atoms with Gasteiger partial charge in [0.2, 0.25) is 0 Å². The second kappa shape index (κ2) is 12.4. The number of benzene rings is 1. The van der Waals surface area contributed by atoms with Crippen molar-refractivity contribution in [2.75, 3.05) is 18.4 Å². The molecule has 2 heterocycles. The molecule has 3 rings (SSSR count). The molecule has 1 aromatic carbocycles. The SMILES string of the molecule is CC.CC(C)Cc1sc(Nc2ccsc2C(=O)NCCN)nc1-c1ccc(Cl)c(Cl)c1. The Morgan fingerprint density at radius 1 is 1.19 bits per heavy atom. The molecule has 5 nitrogen and oxygen atoms in total. The second-order valence-corrected chi connectivity index (χ2v) is 9.66. The van der Waals surface area contributed by atoms with Crippen molar-refractivity contribution in [3.8, 4) is 11.3 Å². The van der Waals surface area contributed by atoms with Crippen molar-refractivity contribution in [2.24, 2.45) is 11.7 Å². The van der Waals surface area contributed by atoms with Gasteiger partial charge in [0, 0.05) is 23.5 Å². The number of aromatic nitrogens is 1. The monoisotopic (exact) mass is 498 g/mol. The summed E-state index contributed by atoms with van der Waals surface area (Å²) in [6.07, 6.45) is 0.891.